The zero-order valence-electron chi connectivity index (χ0n) is 18.1. The highest BCUT2D eigenvalue weighted by Gasteiger charge is 2.38. The first-order valence-corrected chi connectivity index (χ1v) is 10.1. The molecule has 2 atom stereocenters. The number of nitrogens with one attached hydrogen (secondary N) is 1. The molecule has 1 aliphatic heterocycles. The van der Waals surface area contributed by atoms with Crippen LogP contribution >= 0.6 is 0 Å². The minimum atomic E-state index is -0.983. The summed E-state index contributed by atoms with van der Waals surface area (Å²) in [4.78, 5) is 39.3. The third-order valence-corrected chi connectivity index (χ3v) is 5.54. The minimum absolute atomic E-state index is 0.0754. The predicted octanol–water partition coefficient (Wildman–Crippen LogP) is 2.52. The molecule has 1 aliphatic rings. The van der Waals surface area contributed by atoms with Gasteiger partial charge in [-0.25, -0.2) is 0 Å². The molecule has 8 nitrogen and oxygen atoms in total. The standard InChI is InChI=1S/C22H28N4O4/c1-6-16-9-7-8-10-18(16)26-12-17(11-19(26)27)22(29)30-15(4)21(28)23-20-13(2)24-25(5)14(20)3/h7-10,15,17H,6,11-12H2,1-5H3,(H,23,28)/t15-,17+/m1/s1. The van der Waals surface area contributed by atoms with Gasteiger partial charge < -0.3 is 15.0 Å². The number of amides is 2. The SMILES string of the molecule is CCc1ccccc1N1C[C@@H](C(=O)O[C@H](C)C(=O)Nc2c(C)nn(C)c2C)CC1=O. The molecule has 0 aliphatic carbocycles. The third-order valence-electron chi connectivity index (χ3n) is 5.54. The lowest BCUT2D eigenvalue weighted by Gasteiger charge is -2.20. The van der Waals surface area contributed by atoms with Crippen LogP contribution in [0.1, 0.15) is 37.2 Å². The number of hydrogen-bond donors (Lipinski definition) is 1. The molecule has 2 heterocycles. The monoisotopic (exact) mass is 412 g/mol. The highest BCUT2D eigenvalue weighted by molar-refractivity contribution is 6.01. The van der Waals surface area contributed by atoms with Crippen LogP contribution in [0.5, 0.6) is 0 Å². The van der Waals surface area contributed by atoms with E-state index in [2.05, 4.69) is 10.4 Å². The lowest BCUT2D eigenvalue weighted by Crippen LogP contribution is -2.33. The van der Waals surface area contributed by atoms with Crippen LogP contribution in [0, 0.1) is 19.8 Å². The number of anilines is 2. The van der Waals surface area contributed by atoms with Crippen molar-refractivity contribution in [2.75, 3.05) is 16.8 Å². The first-order chi connectivity index (χ1) is 14.2. The third kappa shape index (κ3) is 4.22. The number of carbonyl (C=O) groups excluding carboxylic acids is 3. The Kier molecular flexibility index (Phi) is 6.24. The van der Waals surface area contributed by atoms with Crippen molar-refractivity contribution in [3.8, 4) is 0 Å². The Labute approximate surface area is 176 Å². The normalized spacial score (nSPS) is 17.2. The molecule has 1 fully saturated rings. The topological polar surface area (TPSA) is 93.5 Å². The second-order valence-electron chi connectivity index (χ2n) is 7.63. The van der Waals surface area contributed by atoms with E-state index in [4.69, 9.17) is 4.74 Å². The van der Waals surface area contributed by atoms with Gasteiger partial charge in [-0.15, -0.1) is 0 Å². The number of carbonyl (C=O) groups is 3. The quantitative estimate of drug-likeness (QED) is 0.736. The molecule has 0 radical (unpaired) electrons. The number of aromatic nitrogens is 2. The number of aryl methyl sites for hydroxylation is 3. The molecule has 0 unspecified atom stereocenters. The molecule has 0 saturated carbocycles. The first-order valence-electron chi connectivity index (χ1n) is 10.1. The maximum absolute atomic E-state index is 12.6. The fourth-order valence-electron chi connectivity index (χ4n) is 3.67. The van der Waals surface area contributed by atoms with Crippen molar-refractivity contribution in [3.05, 3.63) is 41.2 Å². The van der Waals surface area contributed by atoms with E-state index in [0.29, 0.717) is 11.4 Å². The van der Waals surface area contributed by atoms with Gasteiger partial charge in [-0.2, -0.15) is 5.10 Å². The smallest absolute Gasteiger partial charge is 0.312 e. The number of benzene rings is 1. The fourth-order valence-corrected chi connectivity index (χ4v) is 3.67. The number of ether oxygens (including phenoxy) is 1. The minimum Gasteiger partial charge on any atom is -0.452 e. The van der Waals surface area contributed by atoms with Gasteiger partial charge in [0.15, 0.2) is 6.10 Å². The van der Waals surface area contributed by atoms with E-state index in [1.54, 1.807) is 23.6 Å². The highest BCUT2D eigenvalue weighted by atomic mass is 16.5. The molecule has 3 rings (SSSR count). The number of esters is 1. The Bertz CT molecular complexity index is 982. The van der Waals surface area contributed by atoms with E-state index in [1.165, 1.54) is 6.92 Å². The summed E-state index contributed by atoms with van der Waals surface area (Å²) in [5.74, 6) is -1.68. The van der Waals surface area contributed by atoms with Crippen LogP contribution in [-0.4, -0.2) is 40.2 Å². The Morgan fingerprint density at radius 3 is 2.63 bits per heavy atom. The molecule has 1 N–H and O–H groups in total. The molecule has 0 bridgehead atoms. The Morgan fingerprint density at radius 1 is 1.30 bits per heavy atom. The maximum Gasteiger partial charge on any atom is 0.312 e. The van der Waals surface area contributed by atoms with E-state index < -0.39 is 23.9 Å². The van der Waals surface area contributed by atoms with Crippen molar-refractivity contribution in [3.63, 3.8) is 0 Å². The number of hydrogen-bond acceptors (Lipinski definition) is 5. The van der Waals surface area contributed by atoms with Gasteiger partial charge in [0.05, 0.1) is 23.0 Å². The largest absolute Gasteiger partial charge is 0.452 e. The van der Waals surface area contributed by atoms with E-state index in [1.807, 2.05) is 38.1 Å². The average Bonchev–Trinajstić information content (AvgIpc) is 3.22. The van der Waals surface area contributed by atoms with Gasteiger partial charge in [-0.05, 0) is 38.8 Å². The van der Waals surface area contributed by atoms with Crippen LogP contribution in [0.2, 0.25) is 0 Å². The second kappa shape index (κ2) is 8.69. The summed E-state index contributed by atoms with van der Waals surface area (Å²) in [5.41, 5.74) is 3.99. The summed E-state index contributed by atoms with van der Waals surface area (Å²) in [7, 11) is 1.79. The van der Waals surface area contributed by atoms with Crippen molar-refractivity contribution in [2.24, 2.45) is 13.0 Å². The molecule has 1 saturated heterocycles. The number of para-hydroxylation sites is 1. The summed E-state index contributed by atoms with van der Waals surface area (Å²) in [5, 5.41) is 7.03. The highest BCUT2D eigenvalue weighted by Crippen LogP contribution is 2.29. The van der Waals surface area contributed by atoms with Crippen LogP contribution in [0.25, 0.3) is 0 Å². The summed E-state index contributed by atoms with van der Waals surface area (Å²) in [6, 6.07) is 7.67. The van der Waals surface area contributed by atoms with E-state index in [0.717, 1.165) is 23.4 Å². The van der Waals surface area contributed by atoms with Crippen LogP contribution < -0.4 is 10.2 Å². The van der Waals surface area contributed by atoms with Crippen LogP contribution in [0.3, 0.4) is 0 Å². The maximum atomic E-state index is 12.6. The molecule has 0 spiro atoms. The van der Waals surface area contributed by atoms with Crippen molar-refractivity contribution in [2.45, 2.75) is 46.6 Å². The number of rotatable bonds is 6. The van der Waals surface area contributed by atoms with Gasteiger partial charge in [-0.3, -0.25) is 19.1 Å². The predicted molar refractivity (Wildman–Crippen MR) is 113 cm³/mol. The summed E-state index contributed by atoms with van der Waals surface area (Å²) >= 11 is 0. The molecular weight excluding hydrogens is 384 g/mol. The lowest BCUT2D eigenvalue weighted by molar-refractivity contribution is -0.157. The van der Waals surface area contributed by atoms with E-state index in [9.17, 15) is 14.4 Å². The molecule has 160 valence electrons. The van der Waals surface area contributed by atoms with Crippen molar-refractivity contribution < 1.29 is 19.1 Å². The molecule has 2 aromatic rings. The zero-order valence-corrected chi connectivity index (χ0v) is 18.1. The molecule has 30 heavy (non-hydrogen) atoms. The Morgan fingerprint density at radius 2 is 2.00 bits per heavy atom. The van der Waals surface area contributed by atoms with Gasteiger partial charge >= 0.3 is 5.97 Å². The summed E-state index contributed by atoms with van der Waals surface area (Å²) in [6.45, 7) is 7.45. The molecule has 1 aromatic carbocycles. The summed E-state index contributed by atoms with van der Waals surface area (Å²) in [6.07, 6.45) is -0.116. The zero-order chi connectivity index (χ0) is 22.0. The summed E-state index contributed by atoms with van der Waals surface area (Å²) < 4.78 is 7.06. The number of nitrogens with zero attached hydrogens (tertiary/aromatic N) is 3. The van der Waals surface area contributed by atoms with Gasteiger partial charge in [0, 0.05) is 25.7 Å². The second-order valence-corrected chi connectivity index (χ2v) is 7.63. The van der Waals surface area contributed by atoms with Crippen LogP contribution in [-0.2, 0) is 32.6 Å². The Balaban J connectivity index is 1.63. The van der Waals surface area contributed by atoms with Gasteiger partial charge in [0.2, 0.25) is 5.91 Å². The van der Waals surface area contributed by atoms with Crippen molar-refractivity contribution in [1.29, 1.82) is 0 Å². The van der Waals surface area contributed by atoms with Crippen molar-refractivity contribution >= 4 is 29.2 Å². The fraction of sp³-hybridized carbons (Fsp3) is 0.455. The van der Waals surface area contributed by atoms with Gasteiger partial charge in [0.1, 0.15) is 0 Å². The van der Waals surface area contributed by atoms with Crippen LogP contribution in [0.15, 0.2) is 24.3 Å². The van der Waals surface area contributed by atoms with Gasteiger partial charge in [-0.1, -0.05) is 25.1 Å². The first kappa shape index (κ1) is 21.5. The van der Waals surface area contributed by atoms with Crippen molar-refractivity contribution in [1.82, 2.24) is 9.78 Å². The Hall–Kier alpha value is -3.16. The van der Waals surface area contributed by atoms with Crippen LogP contribution in [0.4, 0.5) is 11.4 Å². The average molecular weight is 412 g/mol. The van der Waals surface area contributed by atoms with Gasteiger partial charge in [0.25, 0.3) is 5.91 Å². The van der Waals surface area contributed by atoms with E-state index in [-0.39, 0.29) is 18.9 Å². The molecule has 2 amide bonds. The van der Waals surface area contributed by atoms with E-state index >= 15 is 0 Å². The lowest BCUT2D eigenvalue weighted by atomic mass is 10.1. The molecule has 8 heteroatoms. The molecule has 1 aromatic heterocycles. The molecular formula is C22H28N4O4.